The molecule has 0 bridgehead atoms. The molecule has 0 amide bonds. The lowest BCUT2D eigenvalue weighted by Gasteiger charge is -2.12. The molecule has 21 heavy (non-hydrogen) atoms. The van der Waals surface area contributed by atoms with E-state index in [4.69, 9.17) is 9.47 Å². The van der Waals surface area contributed by atoms with Crippen molar-refractivity contribution in [3.63, 3.8) is 0 Å². The number of nitro benzene ring substituents is 1. The molecule has 0 aliphatic heterocycles. The highest BCUT2D eigenvalue weighted by Gasteiger charge is 2.19. The highest BCUT2D eigenvalue weighted by Crippen LogP contribution is 2.35. The Morgan fingerprint density at radius 2 is 2.05 bits per heavy atom. The number of methoxy groups -OCH3 is 2. The Hall–Kier alpha value is -1.83. The van der Waals surface area contributed by atoms with Crippen LogP contribution in [0.25, 0.3) is 0 Å². The van der Waals surface area contributed by atoms with Crippen molar-refractivity contribution in [2.45, 2.75) is 18.2 Å². The van der Waals surface area contributed by atoms with Crippen molar-refractivity contribution in [2.75, 3.05) is 20.8 Å². The molecule has 0 aliphatic rings. The van der Waals surface area contributed by atoms with Crippen LogP contribution in [0.1, 0.15) is 18.4 Å². The second kappa shape index (κ2) is 8.46. The Morgan fingerprint density at radius 3 is 2.57 bits per heavy atom. The lowest BCUT2D eigenvalue weighted by Crippen LogP contribution is -2.06. The second-order valence-electron chi connectivity index (χ2n) is 4.05. The van der Waals surface area contributed by atoms with Crippen LogP contribution in [0.4, 0.5) is 5.69 Å². The van der Waals surface area contributed by atoms with Gasteiger partial charge in [-0.3, -0.25) is 14.9 Å². The molecule has 0 heterocycles. The third kappa shape index (κ3) is 4.89. The minimum Gasteiger partial charge on any atom is -0.493 e. The summed E-state index contributed by atoms with van der Waals surface area (Å²) in [4.78, 5) is 21.5. The first-order valence-corrected chi connectivity index (χ1v) is 7.26. The molecule has 1 rings (SSSR count). The summed E-state index contributed by atoms with van der Waals surface area (Å²) < 4.78 is 15.1. The standard InChI is InChI=1S/C13H16BrNO6/c1-19-11-6-9(8-14)10(15(17)18)7-12(11)21-5-3-4-13(16)20-2/h6-7H,3-5,8H2,1-2H3. The van der Waals surface area contributed by atoms with Gasteiger partial charge in [0, 0.05) is 17.3 Å². The van der Waals surface area contributed by atoms with Crippen molar-refractivity contribution >= 4 is 27.6 Å². The summed E-state index contributed by atoms with van der Waals surface area (Å²) in [6.07, 6.45) is 0.671. The fourth-order valence-corrected chi connectivity index (χ4v) is 2.09. The maximum Gasteiger partial charge on any atom is 0.305 e. The summed E-state index contributed by atoms with van der Waals surface area (Å²) in [5.74, 6) is 0.359. The Kier molecular flexibility index (Phi) is 6.93. The third-order valence-electron chi connectivity index (χ3n) is 2.72. The van der Waals surface area contributed by atoms with Crippen LogP contribution in [0.5, 0.6) is 11.5 Å². The molecule has 0 unspecified atom stereocenters. The van der Waals surface area contributed by atoms with E-state index in [-0.39, 0.29) is 30.4 Å². The van der Waals surface area contributed by atoms with Gasteiger partial charge in [0.1, 0.15) is 0 Å². The van der Waals surface area contributed by atoms with Crippen LogP contribution in [0, 0.1) is 10.1 Å². The molecular formula is C13H16BrNO6. The van der Waals surface area contributed by atoms with Crippen molar-refractivity contribution in [1.29, 1.82) is 0 Å². The number of halogens is 1. The number of carbonyl (C=O) groups excluding carboxylic acids is 1. The molecule has 1 aromatic rings. The minimum absolute atomic E-state index is 0.0457. The number of ether oxygens (including phenoxy) is 3. The van der Waals surface area contributed by atoms with E-state index in [1.54, 1.807) is 6.07 Å². The average molecular weight is 362 g/mol. The first-order chi connectivity index (χ1) is 10.0. The number of benzene rings is 1. The summed E-state index contributed by atoms with van der Waals surface area (Å²) in [5.41, 5.74) is 0.453. The van der Waals surface area contributed by atoms with Crippen LogP contribution in [0.2, 0.25) is 0 Å². The number of esters is 1. The maximum atomic E-state index is 11.0. The fourth-order valence-electron chi connectivity index (χ4n) is 1.64. The predicted molar refractivity (Wildman–Crippen MR) is 79.0 cm³/mol. The van der Waals surface area contributed by atoms with Gasteiger partial charge in [0.05, 0.1) is 31.8 Å². The highest BCUT2D eigenvalue weighted by atomic mass is 79.9. The van der Waals surface area contributed by atoms with Gasteiger partial charge < -0.3 is 14.2 Å². The van der Waals surface area contributed by atoms with Crippen LogP contribution >= 0.6 is 15.9 Å². The summed E-state index contributed by atoms with van der Waals surface area (Å²) >= 11 is 3.20. The van der Waals surface area contributed by atoms with E-state index in [9.17, 15) is 14.9 Å². The van der Waals surface area contributed by atoms with Gasteiger partial charge in [0.25, 0.3) is 5.69 Å². The van der Waals surface area contributed by atoms with E-state index in [0.29, 0.717) is 23.1 Å². The normalized spacial score (nSPS) is 10.0. The molecule has 0 N–H and O–H groups in total. The molecule has 116 valence electrons. The highest BCUT2D eigenvalue weighted by molar-refractivity contribution is 9.08. The number of nitro groups is 1. The van der Waals surface area contributed by atoms with Gasteiger partial charge >= 0.3 is 5.97 Å². The van der Waals surface area contributed by atoms with E-state index in [0.717, 1.165) is 0 Å². The van der Waals surface area contributed by atoms with E-state index >= 15 is 0 Å². The zero-order valence-corrected chi connectivity index (χ0v) is 13.3. The average Bonchev–Trinajstić information content (AvgIpc) is 2.50. The van der Waals surface area contributed by atoms with Crippen LogP contribution in [-0.4, -0.2) is 31.7 Å². The number of carbonyl (C=O) groups is 1. The van der Waals surface area contributed by atoms with Crippen LogP contribution in [0.15, 0.2) is 12.1 Å². The Labute approximate surface area is 130 Å². The Bertz CT molecular complexity index is 520. The molecule has 0 saturated heterocycles. The third-order valence-corrected chi connectivity index (χ3v) is 3.32. The molecule has 0 atom stereocenters. The van der Waals surface area contributed by atoms with Crippen molar-refractivity contribution in [3.05, 3.63) is 27.8 Å². The molecule has 0 saturated carbocycles. The summed E-state index contributed by atoms with van der Waals surface area (Å²) in [6, 6.07) is 2.89. The van der Waals surface area contributed by atoms with Gasteiger partial charge in [-0.2, -0.15) is 0 Å². The number of hydrogen-bond donors (Lipinski definition) is 0. The van der Waals surface area contributed by atoms with E-state index in [2.05, 4.69) is 20.7 Å². The number of hydrogen-bond acceptors (Lipinski definition) is 6. The van der Waals surface area contributed by atoms with Gasteiger partial charge in [0.2, 0.25) is 0 Å². The van der Waals surface area contributed by atoms with Gasteiger partial charge in [0.15, 0.2) is 11.5 Å². The van der Waals surface area contributed by atoms with Gasteiger partial charge in [-0.1, -0.05) is 15.9 Å². The molecule has 0 fully saturated rings. The summed E-state index contributed by atoms with van der Waals surface area (Å²) in [7, 11) is 2.77. The lowest BCUT2D eigenvalue weighted by atomic mass is 10.2. The molecular weight excluding hydrogens is 346 g/mol. The van der Waals surface area contributed by atoms with Gasteiger partial charge in [-0.25, -0.2) is 0 Å². The molecule has 0 radical (unpaired) electrons. The van der Waals surface area contributed by atoms with Crippen LogP contribution in [-0.2, 0) is 14.9 Å². The number of rotatable bonds is 8. The number of nitrogens with zero attached hydrogens (tertiary/aromatic N) is 1. The van der Waals surface area contributed by atoms with Crippen molar-refractivity contribution < 1.29 is 23.9 Å². The molecule has 8 heteroatoms. The zero-order chi connectivity index (χ0) is 15.8. The second-order valence-corrected chi connectivity index (χ2v) is 4.61. The van der Waals surface area contributed by atoms with Gasteiger partial charge in [-0.05, 0) is 12.5 Å². The Balaban J connectivity index is 2.82. The quantitative estimate of drug-likeness (QED) is 0.232. The van der Waals surface area contributed by atoms with Crippen LogP contribution < -0.4 is 9.47 Å². The maximum absolute atomic E-state index is 11.0. The SMILES string of the molecule is COC(=O)CCCOc1cc([N+](=O)[O-])c(CBr)cc1OC. The predicted octanol–water partition coefficient (Wildman–Crippen LogP) is 2.83. The number of alkyl halides is 1. The largest absolute Gasteiger partial charge is 0.493 e. The van der Waals surface area contributed by atoms with E-state index < -0.39 is 4.92 Å². The zero-order valence-electron chi connectivity index (χ0n) is 11.8. The lowest BCUT2D eigenvalue weighted by molar-refractivity contribution is -0.385. The van der Waals surface area contributed by atoms with Crippen molar-refractivity contribution in [3.8, 4) is 11.5 Å². The summed E-state index contributed by atoms with van der Waals surface area (Å²) in [5, 5.41) is 11.4. The smallest absolute Gasteiger partial charge is 0.305 e. The van der Waals surface area contributed by atoms with E-state index in [1.165, 1.54) is 20.3 Å². The molecule has 0 aliphatic carbocycles. The van der Waals surface area contributed by atoms with Crippen molar-refractivity contribution in [2.24, 2.45) is 0 Å². The monoisotopic (exact) mass is 361 g/mol. The van der Waals surface area contributed by atoms with E-state index in [1.807, 2.05) is 0 Å². The molecule has 0 aromatic heterocycles. The molecule has 7 nitrogen and oxygen atoms in total. The van der Waals surface area contributed by atoms with Crippen LogP contribution in [0.3, 0.4) is 0 Å². The minimum atomic E-state index is -0.475. The fraction of sp³-hybridized carbons (Fsp3) is 0.462. The van der Waals surface area contributed by atoms with Crippen molar-refractivity contribution in [1.82, 2.24) is 0 Å². The topological polar surface area (TPSA) is 87.9 Å². The molecule has 1 aromatic carbocycles. The molecule has 0 spiro atoms. The first-order valence-electron chi connectivity index (χ1n) is 6.14. The Morgan fingerprint density at radius 1 is 1.33 bits per heavy atom. The van der Waals surface area contributed by atoms with Gasteiger partial charge in [-0.15, -0.1) is 0 Å². The first kappa shape index (κ1) is 17.2. The summed E-state index contributed by atoms with van der Waals surface area (Å²) in [6.45, 7) is 0.232.